The molecule has 15 atom stereocenters. The number of fused-ring (bicyclic) bond motifs is 9. The number of piperidine rings is 3. The number of nitrogens with zero attached hydrogens (tertiary/aromatic N) is 3. The van der Waals surface area contributed by atoms with Crippen LogP contribution >= 0.6 is 0 Å². The zero-order valence-electron chi connectivity index (χ0n) is 116. The van der Waals surface area contributed by atoms with Crippen LogP contribution < -0.4 is 45.6 Å². The fourth-order valence-electron chi connectivity index (χ4n) is 9.71. The maximum atomic E-state index is 13.8. The van der Waals surface area contributed by atoms with E-state index in [4.69, 9.17) is 146 Å². The van der Waals surface area contributed by atoms with E-state index in [1.807, 2.05) is 0 Å². The van der Waals surface area contributed by atoms with Gasteiger partial charge in [-0.2, -0.15) is 0 Å². The van der Waals surface area contributed by atoms with E-state index in [9.17, 15) is 18.5 Å². The quantitative estimate of drug-likeness (QED) is 0.0666. The normalized spacial score (nSPS) is 46.7. The number of hydrogen-bond donors (Lipinski definition) is 3. The zero-order chi connectivity index (χ0) is 123. The van der Waals surface area contributed by atoms with Crippen LogP contribution in [0.4, 0.5) is 0 Å². The maximum absolute atomic E-state index is 13.8. The summed E-state index contributed by atoms with van der Waals surface area (Å²) in [5.41, 5.74) is 12.3. The maximum Gasteiger partial charge on any atom is 0.323 e. The number of esters is 3. The van der Waals surface area contributed by atoms with Crippen molar-refractivity contribution in [3.05, 3.63) is 69.6 Å². The van der Waals surface area contributed by atoms with Crippen LogP contribution in [0.1, 0.15) is 263 Å². The lowest BCUT2D eigenvalue weighted by Crippen LogP contribution is -2.51. The monoisotopic (exact) mass is 1320 g/mol. The number of benzene rings is 3. The van der Waals surface area contributed by atoms with Gasteiger partial charge in [0.05, 0.1) is 63.1 Å². The molecule has 6 heterocycles. The van der Waals surface area contributed by atoms with Crippen LogP contribution in [-0.2, 0) is 47.7 Å². The summed E-state index contributed by atoms with van der Waals surface area (Å²) in [5.74, 6) is -40.3. The van der Waals surface area contributed by atoms with E-state index in [0.29, 0.717) is 35.5 Å². The summed E-state index contributed by atoms with van der Waals surface area (Å²) in [6.07, 6.45) is -33.5. The van der Waals surface area contributed by atoms with Crippen LogP contribution in [0.25, 0.3) is 0 Å². The van der Waals surface area contributed by atoms with Gasteiger partial charge in [-0.15, -0.1) is 0 Å². The van der Waals surface area contributed by atoms with E-state index >= 15 is 0 Å². The zero-order valence-corrected chi connectivity index (χ0v) is 49.7. The molecule has 0 radical (unpaired) electrons. The smallest absolute Gasteiger partial charge is 0.323 e. The molecule has 0 aliphatic carbocycles. The Hall–Kier alpha value is -5.37. The molecule has 3 saturated heterocycles. The average Bonchev–Trinajstić information content (AvgIpc) is 0.700. The summed E-state index contributed by atoms with van der Waals surface area (Å²) in [6, 6.07) is -24.2. The standard InChI is InChI=1S/3C24H38N2O4/c3*1-14(2)9-17-13-26-8-7-16-10-21(28-5)22(29-6)11-18(16)19(26)12-20(17)30-24(27)23(25)15(3)4/h3*10-11,14-15,17,19-20,23H,7-9,12-13,25H2,1-6H3/t3*17?,19?,20?,23-/m000/s1/i1D3,3D3,4D3,5D3,7D2,8D2,9D2,10D,11D,14D,15D,20D,23D;1D3,3D3,4D3,7D2,8D2,9D2,10D,11D,14D,15D,20D,23D;1D3,3D3,4D3,7D2,8D2,9D2,10D,11D,14D,15D,19D,23D/t3*14?,17?,19?,20?,23-. The molecule has 504 valence electrons. The summed E-state index contributed by atoms with van der Waals surface area (Å²) in [5, 5.41) is 0. The molecule has 0 aromatic heterocycles. The Morgan fingerprint density at radius 1 is 0.511 bits per heavy atom. The minimum absolute atomic E-state index is 0.407. The van der Waals surface area contributed by atoms with Gasteiger partial charge in [0, 0.05) is 164 Å². The molecule has 3 aromatic rings. The lowest BCUT2D eigenvalue weighted by Gasteiger charge is -2.47. The SMILES string of the molecule is [2H]c1c(OC)c(OC([2H])([2H])[2H])c([2H])c2c1C1CC([2H])(OC(=O)[C@@]([2H])(N)C([2H])(C([2H])([2H])[2H])C([2H])([2H])[2H])C(C([2H])([2H])C([2H])(C)C([2H])([2H])[2H])CN1C([2H])([2H])C2([2H])[2H].[2H]c1c(OC)c(OC)c([2H])c2c1C1([2H])CC(OC(=O)[C@@]([2H])(N)C([2H])(C([2H])([2H])[2H])C([2H])([2H])[2H])C(C([2H])([2H])C([2H])(C)C([2H])([2H])[2H])CN1C([2H])([2H])C2([2H])[2H].[2H]c1c(OC)c(OC)c([2H])c2c1C1CC([2H])(OC(=O)[C@@]([2H])(N)C([2H])(C([2H])([2H])[2H])C([2H])([2H])[2H])C(C([2H])([2H])C([2H])(C)C([2H])([2H])[2H])CN1C([2H])([2H])C2([2H])[2H]. The van der Waals surface area contributed by atoms with E-state index in [2.05, 4.69) is 0 Å². The van der Waals surface area contributed by atoms with Gasteiger partial charge in [-0.1, -0.05) is 82.4 Å². The molecule has 18 nitrogen and oxygen atoms in total. The molecule has 0 bridgehead atoms. The first kappa shape index (κ1) is 24.1. The largest absolute Gasteiger partial charge is 0.493 e. The number of nitrogens with two attached hydrogens (primary N) is 3. The first-order valence-corrected chi connectivity index (χ1v) is 26.7. The molecule has 9 rings (SSSR count). The second kappa shape index (κ2) is 32.5. The third-order valence-corrected chi connectivity index (χ3v) is 13.9. The number of ether oxygens (including phenoxy) is 9. The predicted octanol–water partition coefficient (Wildman–Crippen LogP) is 10.7. The van der Waals surface area contributed by atoms with Crippen LogP contribution in [0.15, 0.2) is 36.3 Å². The molecule has 6 aliphatic heterocycles. The fraction of sp³-hybridized carbons (Fsp3) is 0.708. The van der Waals surface area contributed by atoms with Crippen molar-refractivity contribution in [3.8, 4) is 34.5 Å². The van der Waals surface area contributed by atoms with Crippen LogP contribution in [0.5, 0.6) is 34.5 Å². The molecule has 0 spiro atoms. The number of hydrogen-bond acceptors (Lipinski definition) is 18. The Morgan fingerprint density at radius 2 is 0.856 bits per heavy atom. The number of carbonyl (C=O) groups is 3. The second-order valence-electron chi connectivity index (χ2n) is 19.9. The molecule has 0 amide bonds. The summed E-state index contributed by atoms with van der Waals surface area (Å²) in [6.45, 7) is -46.7. The van der Waals surface area contributed by atoms with Gasteiger partial charge >= 0.3 is 17.9 Å². The van der Waals surface area contributed by atoms with Crippen molar-refractivity contribution < 1.29 is 147 Å². The molecule has 6 aliphatic rings. The number of methoxy groups -OCH3 is 6. The van der Waals surface area contributed by atoms with Gasteiger partial charge in [0.2, 0.25) is 0 Å². The van der Waals surface area contributed by atoms with Crippen molar-refractivity contribution in [2.75, 3.05) is 81.7 Å². The van der Waals surface area contributed by atoms with Gasteiger partial charge in [0.1, 0.15) is 36.3 Å². The Morgan fingerprint density at radius 3 is 1.24 bits per heavy atom. The Bertz CT molecular complexity index is 5810. The van der Waals surface area contributed by atoms with Crippen molar-refractivity contribution >= 4 is 17.9 Å². The van der Waals surface area contributed by atoms with Crippen LogP contribution in [0.3, 0.4) is 0 Å². The Balaban J connectivity index is 0.000000316. The summed E-state index contributed by atoms with van der Waals surface area (Å²) >= 11 is 0. The highest BCUT2D eigenvalue weighted by Crippen LogP contribution is 2.48. The number of carbonyl (C=O) groups excluding carboxylic acids is 3. The molecule has 3 aromatic carbocycles. The molecular formula is C72H114N6O12. The van der Waals surface area contributed by atoms with Gasteiger partial charge in [-0.3, -0.25) is 29.1 Å². The third-order valence-electron chi connectivity index (χ3n) is 13.9. The highest BCUT2D eigenvalue weighted by molar-refractivity contribution is 5.77. The van der Waals surface area contributed by atoms with Gasteiger partial charge < -0.3 is 59.8 Å². The lowest BCUT2D eigenvalue weighted by atomic mass is 9.79. The minimum atomic E-state index is -4.20. The molecule has 18 heteroatoms. The van der Waals surface area contributed by atoms with Gasteiger partial charge in [0.25, 0.3) is 0 Å². The van der Waals surface area contributed by atoms with Gasteiger partial charge in [-0.25, -0.2) is 0 Å². The molecular weight excluding hydrogens is 1140 g/mol. The van der Waals surface area contributed by atoms with E-state index in [-0.39, 0.29) is 0 Å². The molecule has 12 unspecified atom stereocenters. The third kappa shape index (κ3) is 17.5. The summed E-state index contributed by atoms with van der Waals surface area (Å²) in [4.78, 5) is 42.7. The highest BCUT2D eigenvalue weighted by atomic mass is 16.6. The first-order chi connectivity index (χ1) is 68.4. The predicted molar refractivity (Wildman–Crippen MR) is 353 cm³/mol. The first-order valence-electron chi connectivity index (χ1n) is 59.7. The van der Waals surface area contributed by atoms with Crippen molar-refractivity contribution in [2.45, 2.75) is 194 Å². The van der Waals surface area contributed by atoms with Crippen molar-refractivity contribution in [1.82, 2.24) is 14.7 Å². The van der Waals surface area contributed by atoms with Gasteiger partial charge in [-0.05, 0) is 143 Å². The Labute approximate surface area is 632 Å². The highest BCUT2D eigenvalue weighted by Gasteiger charge is 2.45. The average molecular weight is 1320 g/mol. The lowest BCUT2D eigenvalue weighted by molar-refractivity contribution is -0.161. The van der Waals surface area contributed by atoms with Crippen molar-refractivity contribution in [2.24, 2.45) is 70.3 Å². The van der Waals surface area contributed by atoms with Gasteiger partial charge in [0.15, 0.2) is 34.5 Å². The van der Waals surface area contributed by atoms with Crippen molar-refractivity contribution in [1.29, 1.82) is 0 Å². The van der Waals surface area contributed by atoms with Crippen LogP contribution in [-0.4, -0.2) is 151 Å². The summed E-state index contributed by atoms with van der Waals surface area (Å²) in [7, 11) is 1.82. The molecule has 0 saturated carbocycles. The van der Waals surface area contributed by atoms with E-state index < -0.39 is 395 Å². The van der Waals surface area contributed by atoms with Crippen molar-refractivity contribution in [3.63, 3.8) is 0 Å². The minimum Gasteiger partial charge on any atom is -0.493 e. The number of rotatable bonds is 21. The van der Waals surface area contributed by atoms with E-state index in [1.165, 1.54) is 0 Å². The second-order valence-corrected chi connectivity index (χ2v) is 19.9. The van der Waals surface area contributed by atoms with E-state index in [1.54, 1.807) is 0 Å². The summed E-state index contributed by atoms with van der Waals surface area (Å²) < 4.78 is 595. The fourth-order valence-corrected chi connectivity index (χ4v) is 9.71. The van der Waals surface area contributed by atoms with Crippen LogP contribution in [0.2, 0.25) is 0 Å². The molecule has 6 N–H and O–H groups in total. The molecule has 3 fully saturated rings. The molecule has 90 heavy (non-hydrogen) atoms. The topological polar surface area (TPSA) is 222 Å². The van der Waals surface area contributed by atoms with Crippen LogP contribution in [0, 0.1) is 53.1 Å². The van der Waals surface area contributed by atoms with E-state index in [0.717, 1.165) is 35.5 Å². The Kier molecular flexibility index (Phi) is 8.70.